The zero-order chi connectivity index (χ0) is 9.84. The molecule has 0 unspecified atom stereocenters. The first-order chi connectivity index (χ1) is 6.19. The summed E-state index contributed by atoms with van der Waals surface area (Å²) in [5.41, 5.74) is 1.34. The molecule has 2 nitrogen and oxygen atoms in total. The molecule has 0 amide bonds. The van der Waals surface area contributed by atoms with E-state index in [1.807, 2.05) is 6.07 Å². The van der Waals surface area contributed by atoms with Gasteiger partial charge in [0.05, 0.1) is 6.21 Å². The molecule has 0 heterocycles. The van der Waals surface area contributed by atoms with Crippen molar-refractivity contribution in [1.82, 2.24) is 0 Å². The number of hydrogen-bond donors (Lipinski definition) is 1. The van der Waals surface area contributed by atoms with Gasteiger partial charge in [-0.25, -0.2) is 4.39 Å². The molecular weight excluding hydrogens is 350 g/mol. The van der Waals surface area contributed by atoms with Crippen LogP contribution in [-0.4, -0.2) is 6.21 Å². The fourth-order valence-corrected chi connectivity index (χ4v) is 2.81. The van der Waals surface area contributed by atoms with Crippen LogP contribution in [-0.2, 0) is 5.33 Å². The summed E-state index contributed by atoms with van der Waals surface area (Å²) >= 11 is 5.30. The highest BCUT2D eigenvalue weighted by Gasteiger charge is 2.06. The van der Waals surface area contributed by atoms with Crippen molar-refractivity contribution in [2.24, 2.45) is 10.9 Å². The third-order valence-electron chi connectivity index (χ3n) is 1.52. The first-order valence-electron chi connectivity index (χ1n) is 3.46. The Labute approximate surface area is 97.7 Å². The van der Waals surface area contributed by atoms with Crippen molar-refractivity contribution in [1.29, 1.82) is 0 Å². The lowest BCUT2D eigenvalue weighted by molar-refractivity contribution is 0.616. The molecule has 70 valence electrons. The van der Waals surface area contributed by atoms with Crippen LogP contribution in [0.15, 0.2) is 17.2 Å². The van der Waals surface area contributed by atoms with E-state index in [4.69, 9.17) is 5.84 Å². The lowest BCUT2D eigenvalue weighted by Gasteiger charge is -2.03. The molecule has 0 aliphatic carbocycles. The number of nitrogens with two attached hydrogens (primary N) is 1. The third-order valence-corrected chi connectivity index (χ3v) is 3.04. The van der Waals surface area contributed by atoms with Gasteiger partial charge in [0.15, 0.2) is 0 Å². The minimum absolute atomic E-state index is 0.237. The van der Waals surface area contributed by atoms with E-state index in [9.17, 15) is 4.39 Å². The van der Waals surface area contributed by atoms with Crippen molar-refractivity contribution < 1.29 is 4.39 Å². The molecule has 0 aromatic heterocycles. The van der Waals surface area contributed by atoms with Crippen molar-refractivity contribution in [2.45, 2.75) is 5.33 Å². The number of alkyl halides is 1. The van der Waals surface area contributed by atoms with Gasteiger partial charge in [-0.3, -0.25) is 0 Å². The molecule has 0 spiro atoms. The summed E-state index contributed by atoms with van der Waals surface area (Å²) in [7, 11) is 0. The van der Waals surface area contributed by atoms with E-state index in [1.54, 1.807) is 0 Å². The second kappa shape index (κ2) is 4.90. The SMILES string of the molecule is NN=Cc1cc(F)c(CBr)c(I)c1. The van der Waals surface area contributed by atoms with Gasteiger partial charge in [-0.15, -0.1) is 0 Å². The Hall–Kier alpha value is -0.170. The second-order valence-electron chi connectivity index (χ2n) is 2.37. The number of halogens is 3. The Balaban J connectivity index is 3.20. The molecule has 0 radical (unpaired) electrons. The van der Waals surface area contributed by atoms with Gasteiger partial charge in [0.1, 0.15) is 5.82 Å². The highest BCUT2D eigenvalue weighted by molar-refractivity contribution is 14.1. The van der Waals surface area contributed by atoms with Crippen LogP contribution in [0.5, 0.6) is 0 Å². The molecule has 13 heavy (non-hydrogen) atoms. The number of benzene rings is 1. The molecule has 0 aliphatic rings. The molecule has 1 aromatic rings. The lowest BCUT2D eigenvalue weighted by atomic mass is 10.1. The molecule has 0 aliphatic heterocycles. The van der Waals surface area contributed by atoms with E-state index < -0.39 is 0 Å². The normalized spacial score (nSPS) is 11.0. The molecule has 1 rings (SSSR count). The molecule has 5 heteroatoms. The molecule has 0 atom stereocenters. The summed E-state index contributed by atoms with van der Waals surface area (Å²) in [6.07, 6.45) is 1.42. The van der Waals surface area contributed by atoms with Crippen LogP contribution in [0, 0.1) is 9.39 Å². The molecule has 0 fully saturated rings. The largest absolute Gasteiger partial charge is 0.323 e. The van der Waals surface area contributed by atoms with Crippen molar-refractivity contribution in [3.05, 3.63) is 32.6 Å². The average Bonchev–Trinajstić information content (AvgIpc) is 2.04. The van der Waals surface area contributed by atoms with E-state index in [1.165, 1.54) is 12.3 Å². The van der Waals surface area contributed by atoms with Gasteiger partial charge in [-0.05, 0) is 40.3 Å². The van der Waals surface area contributed by atoms with Crippen LogP contribution < -0.4 is 5.84 Å². The summed E-state index contributed by atoms with van der Waals surface area (Å²) in [5.74, 6) is 4.73. The molecule has 2 N–H and O–H groups in total. The zero-order valence-electron chi connectivity index (χ0n) is 6.60. The fraction of sp³-hybridized carbons (Fsp3) is 0.125. The maximum atomic E-state index is 13.3. The van der Waals surface area contributed by atoms with E-state index in [-0.39, 0.29) is 5.82 Å². The third kappa shape index (κ3) is 2.63. The quantitative estimate of drug-likeness (QED) is 0.286. The predicted molar refractivity (Wildman–Crippen MR) is 63.5 cm³/mol. The van der Waals surface area contributed by atoms with Gasteiger partial charge in [0, 0.05) is 14.5 Å². The number of nitrogens with zero attached hydrogens (tertiary/aromatic N) is 1. The Morgan fingerprint density at radius 2 is 2.31 bits per heavy atom. The first-order valence-corrected chi connectivity index (χ1v) is 5.66. The Morgan fingerprint density at radius 3 is 2.77 bits per heavy atom. The summed E-state index contributed by atoms with van der Waals surface area (Å²) < 4.78 is 14.2. The molecule has 0 saturated carbocycles. The Bertz CT molecular complexity index is 318. The Morgan fingerprint density at radius 1 is 1.62 bits per heavy atom. The monoisotopic (exact) mass is 356 g/mol. The summed E-state index contributed by atoms with van der Waals surface area (Å²) in [5, 5.41) is 3.85. The van der Waals surface area contributed by atoms with Crippen LogP contribution in [0.3, 0.4) is 0 Å². The van der Waals surface area contributed by atoms with Crippen LogP contribution >= 0.6 is 38.5 Å². The van der Waals surface area contributed by atoms with Gasteiger partial charge >= 0.3 is 0 Å². The summed E-state index contributed by atoms with van der Waals surface area (Å²) in [6, 6.07) is 3.24. The maximum Gasteiger partial charge on any atom is 0.128 e. The molecule has 1 aromatic carbocycles. The van der Waals surface area contributed by atoms with Crippen molar-refractivity contribution in [2.75, 3.05) is 0 Å². The molecular formula is C8H7BrFIN2. The van der Waals surface area contributed by atoms with Crippen molar-refractivity contribution >= 4 is 44.7 Å². The highest BCUT2D eigenvalue weighted by atomic mass is 127. The van der Waals surface area contributed by atoms with E-state index in [2.05, 4.69) is 43.6 Å². The van der Waals surface area contributed by atoms with Crippen LogP contribution in [0.4, 0.5) is 4.39 Å². The van der Waals surface area contributed by atoms with E-state index in [0.717, 1.165) is 3.57 Å². The van der Waals surface area contributed by atoms with Crippen molar-refractivity contribution in [3.8, 4) is 0 Å². The zero-order valence-corrected chi connectivity index (χ0v) is 10.3. The van der Waals surface area contributed by atoms with Crippen LogP contribution in [0.1, 0.15) is 11.1 Å². The van der Waals surface area contributed by atoms with E-state index >= 15 is 0 Å². The minimum Gasteiger partial charge on any atom is -0.323 e. The average molecular weight is 357 g/mol. The maximum absolute atomic E-state index is 13.3. The standard InChI is InChI=1S/C8H7BrFIN2/c9-3-6-7(10)1-5(4-13-12)2-8(6)11/h1-2,4H,3,12H2. The van der Waals surface area contributed by atoms with Gasteiger partial charge in [-0.1, -0.05) is 15.9 Å². The first kappa shape index (κ1) is 10.9. The lowest BCUT2D eigenvalue weighted by Crippen LogP contribution is -1.95. The smallest absolute Gasteiger partial charge is 0.128 e. The highest BCUT2D eigenvalue weighted by Crippen LogP contribution is 2.20. The van der Waals surface area contributed by atoms with Crippen LogP contribution in [0.2, 0.25) is 0 Å². The summed E-state index contributed by atoms with van der Waals surface area (Å²) in [6.45, 7) is 0. The van der Waals surface area contributed by atoms with E-state index in [0.29, 0.717) is 16.5 Å². The Kier molecular flexibility index (Phi) is 4.11. The second-order valence-corrected chi connectivity index (χ2v) is 4.10. The number of hydrogen-bond acceptors (Lipinski definition) is 2. The van der Waals surface area contributed by atoms with Gasteiger partial charge in [-0.2, -0.15) is 5.10 Å². The van der Waals surface area contributed by atoms with Crippen LogP contribution in [0.25, 0.3) is 0 Å². The number of hydrazone groups is 1. The summed E-state index contributed by atoms with van der Waals surface area (Å²) in [4.78, 5) is 0. The number of rotatable bonds is 2. The predicted octanol–water partition coefficient (Wildman–Crippen LogP) is 2.62. The van der Waals surface area contributed by atoms with Crippen molar-refractivity contribution in [3.63, 3.8) is 0 Å². The molecule has 0 bridgehead atoms. The minimum atomic E-state index is -0.237. The van der Waals surface area contributed by atoms with Gasteiger partial charge in [0.25, 0.3) is 0 Å². The van der Waals surface area contributed by atoms with Gasteiger partial charge in [0.2, 0.25) is 0 Å². The topological polar surface area (TPSA) is 38.4 Å². The molecule has 0 saturated heterocycles. The van der Waals surface area contributed by atoms with Gasteiger partial charge < -0.3 is 5.84 Å². The fourth-order valence-electron chi connectivity index (χ4n) is 0.911.